The van der Waals surface area contributed by atoms with Crippen LogP contribution in [0.2, 0.25) is 0 Å². The molecule has 2 heterocycles. The minimum absolute atomic E-state index is 0.317. The number of fused-ring (bicyclic) bond motifs is 1. The molecule has 34 heavy (non-hydrogen) atoms. The summed E-state index contributed by atoms with van der Waals surface area (Å²) in [6.45, 7) is 7.97. The first-order chi connectivity index (χ1) is 16.6. The van der Waals surface area contributed by atoms with Crippen LogP contribution in [0.3, 0.4) is 0 Å². The number of nitrogens with one attached hydrogen (secondary N) is 1. The van der Waals surface area contributed by atoms with Crippen LogP contribution in [0.1, 0.15) is 88.1 Å². The molecule has 1 aliphatic rings. The van der Waals surface area contributed by atoms with Crippen molar-refractivity contribution in [3.05, 3.63) is 71.2 Å². The number of thiazole rings is 1. The standard InChI is InChI=1S/C29H35FN2OS/c1-4-7-9-10-11-12-14-25-26(21-15-16-21)23-19-22(17-18-24(23)33-25)31-29-32-27(28(30)34-29)20(6-3)13-8-5-2/h5-6,8,13,17-19,21H,3-4,7,9-12,14-16H2,1-2H3,(H,31,32)/b8-5-,20-13+. The van der Waals surface area contributed by atoms with Gasteiger partial charge < -0.3 is 9.73 Å². The van der Waals surface area contributed by atoms with Crippen LogP contribution >= 0.6 is 11.3 Å². The third-order valence-electron chi connectivity index (χ3n) is 6.34. The van der Waals surface area contributed by atoms with Gasteiger partial charge in [-0.15, -0.1) is 0 Å². The van der Waals surface area contributed by atoms with Crippen molar-refractivity contribution in [3.63, 3.8) is 0 Å². The predicted molar refractivity (Wildman–Crippen MR) is 144 cm³/mol. The number of hydrogen-bond acceptors (Lipinski definition) is 4. The van der Waals surface area contributed by atoms with Crippen LogP contribution in [0.4, 0.5) is 15.2 Å². The summed E-state index contributed by atoms with van der Waals surface area (Å²) in [4.78, 5) is 4.49. The molecule has 5 heteroatoms. The zero-order valence-corrected chi connectivity index (χ0v) is 21.1. The molecule has 1 fully saturated rings. The molecule has 3 aromatic rings. The van der Waals surface area contributed by atoms with Gasteiger partial charge in [-0.2, -0.15) is 4.39 Å². The van der Waals surface area contributed by atoms with E-state index in [4.69, 9.17) is 4.42 Å². The van der Waals surface area contributed by atoms with E-state index < -0.39 is 0 Å². The summed E-state index contributed by atoms with van der Waals surface area (Å²) >= 11 is 1.01. The maximum atomic E-state index is 14.6. The number of aryl methyl sites for hydroxylation is 1. The van der Waals surface area contributed by atoms with Crippen molar-refractivity contribution < 1.29 is 8.81 Å². The van der Waals surface area contributed by atoms with Crippen molar-refractivity contribution in [1.29, 1.82) is 0 Å². The van der Waals surface area contributed by atoms with Crippen LogP contribution < -0.4 is 5.32 Å². The fraction of sp³-hybridized carbons (Fsp3) is 0.414. The van der Waals surface area contributed by atoms with Crippen molar-refractivity contribution in [3.8, 4) is 0 Å². The molecule has 1 N–H and O–H groups in total. The molecule has 0 saturated heterocycles. The largest absolute Gasteiger partial charge is 0.461 e. The summed E-state index contributed by atoms with van der Waals surface area (Å²) < 4.78 is 20.9. The average Bonchev–Trinajstić information content (AvgIpc) is 3.51. The Labute approximate surface area is 206 Å². The van der Waals surface area contributed by atoms with Gasteiger partial charge in [0.05, 0.1) is 0 Å². The van der Waals surface area contributed by atoms with E-state index in [0.717, 1.165) is 34.8 Å². The average molecular weight is 479 g/mol. The predicted octanol–water partition coefficient (Wildman–Crippen LogP) is 9.70. The van der Waals surface area contributed by atoms with Gasteiger partial charge in [0, 0.05) is 28.6 Å². The van der Waals surface area contributed by atoms with Crippen molar-refractivity contribution in [2.24, 2.45) is 0 Å². The quantitative estimate of drug-likeness (QED) is 0.196. The highest BCUT2D eigenvalue weighted by Gasteiger charge is 2.30. The Kier molecular flexibility index (Phi) is 8.39. The van der Waals surface area contributed by atoms with Crippen LogP contribution in [0.25, 0.3) is 16.5 Å². The summed E-state index contributed by atoms with van der Waals surface area (Å²) in [5.41, 5.74) is 4.23. The van der Waals surface area contributed by atoms with E-state index in [2.05, 4.69) is 29.9 Å². The lowest BCUT2D eigenvalue weighted by atomic mass is 10.0. The fourth-order valence-corrected chi connectivity index (χ4v) is 5.15. The van der Waals surface area contributed by atoms with Gasteiger partial charge in [0.1, 0.15) is 17.0 Å². The third kappa shape index (κ3) is 5.87. The molecule has 0 radical (unpaired) electrons. The molecule has 180 valence electrons. The van der Waals surface area contributed by atoms with Gasteiger partial charge in [-0.1, -0.05) is 81.2 Å². The summed E-state index contributed by atoms with van der Waals surface area (Å²) in [5.74, 6) is 1.78. The first-order valence-corrected chi connectivity index (χ1v) is 13.4. The summed E-state index contributed by atoms with van der Waals surface area (Å²) in [5, 5.41) is 4.71. The Bertz CT molecular complexity index is 1180. The summed E-state index contributed by atoms with van der Waals surface area (Å²) in [6.07, 6.45) is 18.4. The van der Waals surface area contributed by atoms with Gasteiger partial charge in [-0.3, -0.25) is 0 Å². The van der Waals surface area contributed by atoms with Crippen LogP contribution in [0.15, 0.2) is 53.5 Å². The van der Waals surface area contributed by atoms with E-state index in [-0.39, 0.29) is 5.13 Å². The normalized spacial score (nSPS) is 14.4. The number of aromatic nitrogens is 1. The SMILES string of the molecule is C=C/C(=C\C=C/C)c1nc(Nc2ccc3oc(CCCCCCCC)c(C4CC4)c3c2)sc1F. The van der Waals surface area contributed by atoms with Gasteiger partial charge in [0.25, 0.3) is 0 Å². The Morgan fingerprint density at radius 1 is 1.24 bits per heavy atom. The number of halogens is 1. The van der Waals surface area contributed by atoms with Gasteiger partial charge in [-0.05, 0) is 50.3 Å². The zero-order chi connectivity index (χ0) is 23.9. The Morgan fingerprint density at radius 3 is 2.76 bits per heavy atom. The first-order valence-electron chi connectivity index (χ1n) is 12.6. The zero-order valence-electron chi connectivity index (χ0n) is 20.3. The second-order valence-electron chi connectivity index (χ2n) is 9.06. The van der Waals surface area contributed by atoms with Crippen molar-refractivity contribution in [2.45, 2.75) is 77.6 Å². The molecule has 1 saturated carbocycles. The lowest BCUT2D eigenvalue weighted by Crippen LogP contribution is -1.92. The maximum absolute atomic E-state index is 14.6. The number of allylic oxidation sites excluding steroid dienone is 5. The van der Waals surface area contributed by atoms with Gasteiger partial charge in [0.15, 0.2) is 5.13 Å². The van der Waals surface area contributed by atoms with E-state index in [0.29, 0.717) is 22.3 Å². The number of furan rings is 1. The van der Waals surface area contributed by atoms with Gasteiger partial charge >= 0.3 is 0 Å². The molecule has 0 unspecified atom stereocenters. The highest BCUT2D eigenvalue weighted by molar-refractivity contribution is 7.14. The molecule has 0 spiro atoms. The van der Waals surface area contributed by atoms with Crippen LogP contribution in [0.5, 0.6) is 0 Å². The van der Waals surface area contributed by atoms with Gasteiger partial charge in [0.2, 0.25) is 5.13 Å². The minimum Gasteiger partial charge on any atom is -0.461 e. The smallest absolute Gasteiger partial charge is 0.206 e. The monoisotopic (exact) mass is 478 g/mol. The molecule has 4 rings (SSSR count). The van der Waals surface area contributed by atoms with Crippen LogP contribution in [-0.2, 0) is 6.42 Å². The summed E-state index contributed by atoms with van der Waals surface area (Å²) in [7, 11) is 0. The molecule has 1 aliphatic carbocycles. The minimum atomic E-state index is -0.317. The Hall–Kier alpha value is -2.66. The van der Waals surface area contributed by atoms with E-state index in [1.807, 2.05) is 37.3 Å². The van der Waals surface area contributed by atoms with E-state index in [1.165, 1.54) is 62.3 Å². The van der Waals surface area contributed by atoms with Crippen molar-refractivity contribution >= 4 is 38.7 Å². The molecule has 2 aromatic heterocycles. The van der Waals surface area contributed by atoms with Crippen molar-refractivity contribution in [2.75, 3.05) is 5.32 Å². The summed E-state index contributed by atoms with van der Waals surface area (Å²) in [6, 6.07) is 6.15. The molecule has 3 nitrogen and oxygen atoms in total. The highest BCUT2D eigenvalue weighted by Crippen LogP contribution is 2.47. The van der Waals surface area contributed by atoms with E-state index in [9.17, 15) is 4.39 Å². The molecular weight excluding hydrogens is 443 g/mol. The third-order valence-corrected chi connectivity index (χ3v) is 7.10. The first kappa shape index (κ1) is 24.5. The van der Waals surface area contributed by atoms with Crippen LogP contribution in [0, 0.1) is 5.13 Å². The Balaban J connectivity index is 1.52. The Morgan fingerprint density at radius 2 is 2.03 bits per heavy atom. The van der Waals surface area contributed by atoms with Gasteiger partial charge in [-0.25, -0.2) is 4.98 Å². The second kappa shape index (κ2) is 11.7. The number of anilines is 2. The molecular formula is C29H35FN2OS. The maximum Gasteiger partial charge on any atom is 0.206 e. The van der Waals surface area contributed by atoms with Crippen molar-refractivity contribution in [1.82, 2.24) is 4.98 Å². The molecule has 0 amide bonds. The van der Waals surface area contributed by atoms with E-state index in [1.54, 1.807) is 6.08 Å². The second-order valence-corrected chi connectivity index (χ2v) is 10.0. The number of hydrogen-bond donors (Lipinski definition) is 1. The highest BCUT2D eigenvalue weighted by atomic mass is 32.1. The lowest BCUT2D eigenvalue weighted by molar-refractivity contribution is 0.516. The molecule has 0 bridgehead atoms. The molecule has 1 aromatic carbocycles. The van der Waals surface area contributed by atoms with E-state index >= 15 is 0 Å². The number of nitrogens with zero attached hydrogens (tertiary/aromatic N) is 1. The van der Waals surface area contributed by atoms with Crippen LogP contribution in [-0.4, -0.2) is 4.98 Å². The number of rotatable bonds is 13. The molecule has 0 atom stereocenters. The topological polar surface area (TPSA) is 38.1 Å². The lowest BCUT2D eigenvalue weighted by Gasteiger charge is -2.04. The fourth-order valence-electron chi connectivity index (χ4n) is 4.42. The number of benzene rings is 1. The number of unbranched alkanes of at least 4 members (excludes halogenated alkanes) is 5. The molecule has 0 aliphatic heterocycles.